The fourth-order valence-corrected chi connectivity index (χ4v) is 4.51. The van der Waals surface area contributed by atoms with E-state index in [1.54, 1.807) is 6.92 Å². The van der Waals surface area contributed by atoms with E-state index in [0.29, 0.717) is 6.42 Å². The van der Waals surface area contributed by atoms with E-state index in [0.717, 1.165) is 11.3 Å². The average molecular weight is 374 g/mol. The number of hydrogen-bond acceptors (Lipinski definition) is 5. The summed E-state index contributed by atoms with van der Waals surface area (Å²) in [5.41, 5.74) is 0.918. The number of imide groups is 1. The number of anilines is 1. The first-order valence-corrected chi connectivity index (χ1v) is 9.40. The van der Waals surface area contributed by atoms with Gasteiger partial charge in [-0.15, -0.1) is 0 Å². The highest BCUT2D eigenvalue weighted by Crippen LogP contribution is 2.45. The number of ether oxygens (including phenoxy) is 1. The maximum Gasteiger partial charge on any atom is 0.368 e. The Hall–Kier alpha value is -2.41. The maximum absolute atomic E-state index is 12.9. The standard InChI is InChI=1S/C20H27N3O4/c1-6-20(19(26)27-7-2)15-14(17(24)23(5)18(15)25)16(21-20)12-8-10-13(11-9-12)22(3)4/h8-11,14-16,21H,6-7H2,1-5H3/p+1/t14-,15+,16-,20-/m0/s1. The van der Waals surface area contributed by atoms with Crippen LogP contribution in [0.4, 0.5) is 5.69 Å². The molecule has 0 aromatic heterocycles. The molecule has 1 aromatic rings. The summed E-state index contributed by atoms with van der Waals surface area (Å²) in [5.74, 6) is -2.17. The van der Waals surface area contributed by atoms with E-state index in [1.807, 2.05) is 55.5 Å². The van der Waals surface area contributed by atoms with E-state index in [9.17, 15) is 14.4 Å². The van der Waals surface area contributed by atoms with Crippen molar-refractivity contribution < 1.29 is 24.4 Å². The zero-order valence-corrected chi connectivity index (χ0v) is 16.6. The Bertz CT molecular complexity index is 761. The number of nitrogens with two attached hydrogens (primary N) is 1. The van der Waals surface area contributed by atoms with Gasteiger partial charge >= 0.3 is 5.97 Å². The Morgan fingerprint density at radius 2 is 1.81 bits per heavy atom. The Morgan fingerprint density at radius 1 is 1.19 bits per heavy atom. The van der Waals surface area contributed by atoms with Crippen LogP contribution in [0.25, 0.3) is 0 Å². The zero-order valence-electron chi connectivity index (χ0n) is 16.6. The van der Waals surface area contributed by atoms with Crippen LogP contribution < -0.4 is 10.2 Å². The molecule has 1 aromatic carbocycles. The first-order chi connectivity index (χ1) is 12.8. The van der Waals surface area contributed by atoms with Crippen LogP contribution in [0.15, 0.2) is 24.3 Å². The number of benzene rings is 1. The van der Waals surface area contributed by atoms with Gasteiger partial charge in [0, 0.05) is 38.8 Å². The van der Waals surface area contributed by atoms with Crippen molar-refractivity contribution >= 4 is 23.5 Å². The molecule has 0 aliphatic carbocycles. The minimum Gasteiger partial charge on any atom is -0.461 e. The fourth-order valence-electron chi connectivity index (χ4n) is 4.51. The molecule has 27 heavy (non-hydrogen) atoms. The van der Waals surface area contributed by atoms with Crippen LogP contribution in [-0.2, 0) is 19.1 Å². The number of amides is 2. The van der Waals surface area contributed by atoms with Gasteiger partial charge in [0.1, 0.15) is 17.9 Å². The van der Waals surface area contributed by atoms with Gasteiger partial charge in [0.2, 0.25) is 17.4 Å². The lowest BCUT2D eigenvalue weighted by atomic mass is 9.78. The van der Waals surface area contributed by atoms with Crippen molar-refractivity contribution in [3.63, 3.8) is 0 Å². The molecule has 3 rings (SSSR count). The molecule has 2 heterocycles. The normalized spacial score (nSPS) is 29.8. The first-order valence-electron chi connectivity index (χ1n) is 9.40. The Labute approximate surface area is 159 Å². The minimum atomic E-state index is -1.07. The number of quaternary nitrogens is 1. The molecule has 0 saturated carbocycles. The Morgan fingerprint density at radius 3 is 2.33 bits per heavy atom. The second-order valence-corrected chi connectivity index (χ2v) is 7.53. The quantitative estimate of drug-likeness (QED) is 0.593. The van der Waals surface area contributed by atoms with Crippen LogP contribution in [0.3, 0.4) is 0 Å². The van der Waals surface area contributed by atoms with Gasteiger partial charge in [-0.25, -0.2) is 4.79 Å². The van der Waals surface area contributed by atoms with E-state index in [2.05, 4.69) is 0 Å². The van der Waals surface area contributed by atoms with Crippen molar-refractivity contribution in [1.29, 1.82) is 0 Å². The van der Waals surface area contributed by atoms with Gasteiger partial charge in [0.05, 0.1) is 6.61 Å². The Kier molecular flexibility index (Phi) is 4.99. The summed E-state index contributed by atoms with van der Waals surface area (Å²) in [6.07, 6.45) is 0.423. The molecular formula is C20H28N3O4+. The second kappa shape index (κ2) is 6.96. The predicted octanol–water partition coefficient (Wildman–Crippen LogP) is 0.314. The van der Waals surface area contributed by atoms with Crippen LogP contribution in [-0.4, -0.2) is 56.0 Å². The third-order valence-electron chi connectivity index (χ3n) is 6.03. The third-order valence-corrected chi connectivity index (χ3v) is 6.03. The highest BCUT2D eigenvalue weighted by molar-refractivity contribution is 6.08. The Balaban J connectivity index is 2.06. The van der Waals surface area contributed by atoms with Crippen LogP contribution in [0.2, 0.25) is 0 Å². The predicted molar refractivity (Wildman–Crippen MR) is 99.8 cm³/mol. The molecule has 2 saturated heterocycles. The number of likely N-dealkylation sites (tertiary alicyclic amines) is 1. The van der Waals surface area contributed by atoms with Crippen LogP contribution in [0.1, 0.15) is 31.9 Å². The van der Waals surface area contributed by atoms with Gasteiger partial charge in [0.15, 0.2) is 0 Å². The number of carbonyl (C=O) groups excluding carboxylic acids is 3. The molecular weight excluding hydrogens is 346 g/mol. The van der Waals surface area contributed by atoms with Gasteiger partial charge < -0.3 is 15.0 Å². The molecule has 2 aliphatic rings. The van der Waals surface area contributed by atoms with E-state index in [4.69, 9.17) is 4.74 Å². The van der Waals surface area contributed by atoms with E-state index >= 15 is 0 Å². The lowest BCUT2D eigenvalue weighted by Crippen LogP contribution is -2.98. The van der Waals surface area contributed by atoms with Crippen molar-refractivity contribution in [1.82, 2.24) is 4.90 Å². The van der Waals surface area contributed by atoms with E-state index in [-0.39, 0.29) is 24.5 Å². The van der Waals surface area contributed by atoms with Crippen molar-refractivity contribution in [2.24, 2.45) is 11.8 Å². The largest absolute Gasteiger partial charge is 0.461 e. The maximum atomic E-state index is 12.9. The van der Waals surface area contributed by atoms with Gasteiger partial charge in [-0.3, -0.25) is 14.5 Å². The van der Waals surface area contributed by atoms with Crippen molar-refractivity contribution in [2.45, 2.75) is 31.8 Å². The molecule has 2 fully saturated rings. The highest BCUT2D eigenvalue weighted by atomic mass is 16.5. The molecule has 0 spiro atoms. The summed E-state index contributed by atoms with van der Waals surface area (Å²) >= 11 is 0. The minimum absolute atomic E-state index is 0.220. The first kappa shape index (κ1) is 19.4. The van der Waals surface area contributed by atoms with Crippen LogP contribution >= 0.6 is 0 Å². The lowest BCUT2D eigenvalue weighted by Gasteiger charge is -2.28. The monoisotopic (exact) mass is 374 g/mol. The summed E-state index contributed by atoms with van der Waals surface area (Å²) < 4.78 is 5.32. The number of carbonyl (C=O) groups is 3. The molecule has 7 heteroatoms. The topological polar surface area (TPSA) is 83.5 Å². The molecule has 7 nitrogen and oxygen atoms in total. The summed E-state index contributed by atoms with van der Waals surface area (Å²) in [6, 6.07) is 7.62. The van der Waals surface area contributed by atoms with Crippen LogP contribution in [0.5, 0.6) is 0 Å². The molecule has 4 atom stereocenters. The summed E-state index contributed by atoms with van der Waals surface area (Å²) in [7, 11) is 5.42. The summed E-state index contributed by atoms with van der Waals surface area (Å²) in [6.45, 7) is 3.86. The van der Waals surface area contributed by atoms with Crippen molar-refractivity contribution in [3.8, 4) is 0 Å². The fraction of sp³-hybridized carbons (Fsp3) is 0.550. The average Bonchev–Trinajstić information content (AvgIpc) is 3.12. The number of rotatable bonds is 5. The molecule has 2 amide bonds. The molecule has 2 N–H and O–H groups in total. The molecule has 146 valence electrons. The lowest BCUT2D eigenvalue weighted by molar-refractivity contribution is -0.734. The molecule has 0 radical (unpaired) electrons. The number of esters is 1. The third kappa shape index (κ3) is 2.81. The zero-order chi connectivity index (χ0) is 19.9. The summed E-state index contributed by atoms with van der Waals surface area (Å²) in [4.78, 5) is 41.8. The molecule has 2 aliphatic heterocycles. The summed E-state index contributed by atoms with van der Waals surface area (Å²) in [5, 5.41) is 1.90. The van der Waals surface area contributed by atoms with Gasteiger partial charge in [-0.2, -0.15) is 0 Å². The highest BCUT2D eigenvalue weighted by Gasteiger charge is 2.71. The second-order valence-electron chi connectivity index (χ2n) is 7.53. The van der Waals surface area contributed by atoms with E-state index in [1.165, 1.54) is 11.9 Å². The molecule has 0 unspecified atom stereocenters. The van der Waals surface area contributed by atoms with E-state index < -0.39 is 23.3 Å². The SMILES string of the molecule is CCOC(=O)[C@@]1(CC)[NH2+][C@@H](c2ccc(N(C)C)cc2)[C@H]2C(=O)N(C)C(=O)[C@@H]21. The van der Waals surface area contributed by atoms with Gasteiger partial charge in [-0.05, 0) is 19.1 Å². The van der Waals surface area contributed by atoms with Crippen molar-refractivity contribution in [3.05, 3.63) is 29.8 Å². The van der Waals surface area contributed by atoms with Crippen LogP contribution in [0, 0.1) is 11.8 Å². The number of nitrogens with zero attached hydrogens (tertiary/aromatic N) is 2. The van der Waals surface area contributed by atoms with Gasteiger partial charge in [0.25, 0.3) is 0 Å². The number of hydrogen-bond donors (Lipinski definition) is 1. The van der Waals surface area contributed by atoms with Gasteiger partial charge in [-0.1, -0.05) is 19.1 Å². The smallest absolute Gasteiger partial charge is 0.368 e. The molecule has 0 bridgehead atoms. The number of fused-ring (bicyclic) bond motifs is 1. The van der Waals surface area contributed by atoms with Crippen molar-refractivity contribution in [2.75, 3.05) is 32.6 Å².